The van der Waals surface area contributed by atoms with Gasteiger partial charge in [-0.15, -0.1) is 5.10 Å². The van der Waals surface area contributed by atoms with Crippen LogP contribution in [0, 0.1) is 13.5 Å². The molecule has 2 aliphatic rings. The third-order valence-electron chi connectivity index (χ3n) is 8.11. The number of carbonyl (C=O) groups is 1. The van der Waals surface area contributed by atoms with E-state index >= 15 is 0 Å². The fourth-order valence-corrected chi connectivity index (χ4v) is 6.36. The molecule has 4 aromatic rings. The molecule has 1 amide bonds. The maximum atomic E-state index is 14.0. The molecule has 3 aromatic heterocycles. The van der Waals surface area contributed by atoms with Crippen LogP contribution >= 0.6 is 12.2 Å². The number of nitrogens with one attached hydrogen (secondary N) is 1. The third kappa shape index (κ3) is 4.71. The number of imidazole rings is 1. The van der Waals surface area contributed by atoms with Crippen LogP contribution in [0.2, 0.25) is 0 Å². The van der Waals surface area contributed by atoms with E-state index in [1.807, 2.05) is 6.92 Å². The van der Waals surface area contributed by atoms with Crippen LogP contribution in [0.1, 0.15) is 56.6 Å². The molecule has 11 nitrogen and oxygen atoms in total. The summed E-state index contributed by atoms with van der Waals surface area (Å²) in [6.07, 6.45) is -0.493. The minimum absolute atomic E-state index is 0.0571. The Bertz CT molecular complexity index is 1980. The third-order valence-corrected chi connectivity index (χ3v) is 8.48. The molecule has 45 heavy (non-hydrogen) atoms. The van der Waals surface area contributed by atoms with E-state index in [1.54, 1.807) is 24.8 Å². The highest BCUT2D eigenvalue weighted by Crippen LogP contribution is 2.49. The van der Waals surface area contributed by atoms with E-state index in [2.05, 4.69) is 19.8 Å². The molecule has 0 atom stereocenters. The van der Waals surface area contributed by atoms with E-state index in [4.69, 9.17) is 28.6 Å². The van der Waals surface area contributed by atoms with Gasteiger partial charge in [0.05, 0.1) is 36.2 Å². The van der Waals surface area contributed by atoms with Crippen LogP contribution in [0.5, 0.6) is 5.75 Å². The van der Waals surface area contributed by atoms with Crippen LogP contribution in [0.4, 0.5) is 30.4 Å². The second kappa shape index (κ2) is 11.0. The van der Waals surface area contributed by atoms with Crippen molar-refractivity contribution in [2.45, 2.75) is 64.6 Å². The van der Waals surface area contributed by atoms with Gasteiger partial charge in [-0.3, -0.25) is 19.4 Å². The van der Waals surface area contributed by atoms with Crippen molar-refractivity contribution in [3.8, 4) is 17.1 Å². The van der Waals surface area contributed by atoms with Gasteiger partial charge in [-0.1, -0.05) is 13.0 Å². The molecule has 6 rings (SSSR count). The van der Waals surface area contributed by atoms with Crippen LogP contribution < -0.4 is 20.1 Å². The van der Waals surface area contributed by atoms with Crippen molar-refractivity contribution in [2.24, 2.45) is 0 Å². The van der Waals surface area contributed by atoms with Gasteiger partial charge in [-0.2, -0.15) is 13.2 Å². The molecule has 0 bridgehead atoms. The van der Waals surface area contributed by atoms with Crippen LogP contribution in [-0.2, 0) is 17.4 Å². The van der Waals surface area contributed by atoms with Crippen LogP contribution in [0.25, 0.3) is 21.7 Å². The average molecular weight is 637 g/mol. The van der Waals surface area contributed by atoms with E-state index in [1.165, 1.54) is 16.8 Å². The Hall–Kier alpha value is -4.84. The summed E-state index contributed by atoms with van der Waals surface area (Å²) in [7, 11) is 0. The van der Waals surface area contributed by atoms with E-state index in [-0.39, 0.29) is 29.0 Å². The SMILES string of the molecule is [C-]#[N+]c1ccc(N2C(=O)C3(CCC3)N(c3cc(-c4nn5c(CCC)nc(C)c5c(=O)[nH]4)c(OCC)cn3)C2=S)cc1C(F)(F)F. The van der Waals surface area contributed by atoms with Gasteiger partial charge in [0.15, 0.2) is 22.1 Å². The molecule has 15 heteroatoms. The van der Waals surface area contributed by atoms with Crippen molar-refractivity contribution >= 4 is 45.9 Å². The number of aryl methyl sites for hydroxylation is 2. The Morgan fingerprint density at radius 3 is 2.58 bits per heavy atom. The summed E-state index contributed by atoms with van der Waals surface area (Å²) < 4.78 is 48.8. The summed E-state index contributed by atoms with van der Waals surface area (Å²) >= 11 is 5.76. The van der Waals surface area contributed by atoms with Crippen molar-refractivity contribution in [3.05, 3.63) is 69.3 Å². The van der Waals surface area contributed by atoms with Crippen molar-refractivity contribution in [2.75, 3.05) is 16.4 Å². The molecule has 4 heterocycles. The highest BCUT2D eigenvalue weighted by molar-refractivity contribution is 7.81. The molecule has 0 radical (unpaired) electrons. The molecule has 1 N–H and O–H groups in total. The average Bonchev–Trinajstić information content (AvgIpc) is 3.42. The lowest BCUT2D eigenvalue weighted by atomic mass is 9.75. The van der Waals surface area contributed by atoms with Crippen molar-refractivity contribution < 1.29 is 22.7 Å². The minimum atomic E-state index is -4.81. The normalized spacial score (nSPS) is 16.0. The minimum Gasteiger partial charge on any atom is -0.491 e. The first-order chi connectivity index (χ1) is 21.4. The van der Waals surface area contributed by atoms with Crippen molar-refractivity contribution in [1.82, 2.24) is 24.6 Å². The number of hydrogen-bond donors (Lipinski definition) is 1. The lowest BCUT2D eigenvalue weighted by Gasteiger charge is -2.42. The molecular weight excluding hydrogens is 609 g/mol. The van der Waals surface area contributed by atoms with Gasteiger partial charge in [0.2, 0.25) is 0 Å². The number of fused-ring (bicyclic) bond motifs is 1. The smallest absolute Gasteiger partial charge is 0.407 e. The largest absolute Gasteiger partial charge is 0.491 e. The zero-order valence-electron chi connectivity index (χ0n) is 24.5. The Balaban J connectivity index is 1.49. The van der Waals surface area contributed by atoms with Gasteiger partial charge in [0.25, 0.3) is 11.5 Å². The first-order valence-electron chi connectivity index (χ1n) is 14.3. The number of aromatic amines is 1. The molecule has 1 saturated heterocycles. The summed E-state index contributed by atoms with van der Waals surface area (Å²) in [4.78, 5) is 44.7. The monoisotopic (exact) mass is 636 g/mol. The summed E-state index contributed by atoms with van der Waals surface area (Å²) in [5.74, 6) is 0.877. The topological polar surface area (TPSA) is 113 Å². The number of halogens is 3. The molecule has 1 spiro atoms. The Morgan fingerprint density at radius 2 is 1.96 bits per heavy atom. The molecular formula is C30H27F3N8O3S. The van der Waals surface area contributed by atoms with Crippen LogP contribution in [-0.4, -0.2) is 47.7 Å². The standard InChI is InChI=1S/C30H27F3N8O3S/c1-5-8-22-36-16(3)24-26(42)37-25(38-41(22)24)18-14-23(35-15-21(18)44-6-2)40-28(45)39(27(43)29(40)11-7-12-29)17-9-10-20(34-4)19(13-17)30(31,32)33/h9-10,13-15H,5-8,11-12H2,1-3H3,(H,37,38,42). The van der Waals surface area contributed by atoms with E-state index in [0.717, 1.165) is 23.5 Å². The van der Waals surface area contributed by atoms with E-state index in [9.17, 15) is 22.8 Å². The van der Waals surface area contributed by atoms with Crippen molar-refractivity contribution in [3.63, 3.8) is 0 Å². The number of ether oxygens (including phenoxy) is 1. The number of benzene rings is 1. The lowest BCUT2D eigenvalue weighted by Crippen LogP contribution is -2.55. The Morgan fingerprint density at radius 1 is 1.20 bits per heavy atom. The van der Waals surface area contributed by atoms with Crippen LogP contribution in [0.3, 0.4) is 0 Å². The highest BCUT2D eigenvalue weighted by Gasteiger charge is 2.60. The molecule has 2 fully saturated rings. The highest BCUT2D eigenvalue weighted by atomic mass is 32.1. The first kappa shape index (κ1) is 30.2. The van der Waals surface area contributed by atoms with Gasteiger partial charge in [-0.25, -0.2) is 19.3 Å². The van der Waals surface area contributed by atoms with Gasteiger partial charge >= 0.3 is 6.18 Å². The molecule has 1 aliphatic heterocycles. The zero-order valence-corrected chi connectivity index (χ0v) is 25.3. The number of amides is 1. The lowest BCUT2D eigenvalue weighted by molar-refractivity contribution is -0.136. The number of H-pyrrole nitrogens is 1. The number of rotatable bonds is 7. The molecule has 232 valence electrons. The number of alkyl halides is 3. The second-order valence-corrected chi connectivity index (χ2v) is 11.2. The van der Waals surface area contributed by atoms with Gasteiger partial charge in [-0.05, 0) is 69.9 Å². The first-order valence-corrected chi connectivity index (χ1v) is 14.7. The number of carbonyl (C=O) groups excluding carboxylic acids is 1. The summed E-state index contributed by atoms with van der Waals surface area (Å²) in [6, 6.07) is 4.69. The second-order valence-electron chi connectivity index (χ2n) is 10.9. The molecule has 1 saturated carbocycles. The quantitative estimate of drug-likeness (QED) is 0.201. The van der Waals surface area contributed by atoms with Crippen molar-refractivity contribution in [1.29, 1.82) is 0 Å². The van der Waals surface area contributed by atoms with Gasteiger partial charge in [0, 0.05) is 12.1 Å². The van der Waals surface area contributed by atoms with E-state index < -0.39 is 34.4 Å². The molecule has 1 aliphatic carbocycles. The predicted octanol–water partition coefficient (Wildman–Crippen LogP) is 5.77. The predicted molar refractivity (Wildman–Crippen MR) is 164 cm³/mol. The fourth-order valence-electron chi connectivity index (χ4n) is 5.91. The Kier molecular flexibility index (Phi) is 7.35. The van der Waals surface area contributed by atoms with Crippen LogP contribution in [0.15, 0.2) is 35.3 Å². The fraction of sp³-hybridized carbons (Fsp3) is 0.367. The summed E-state index contributed by atoms with van der Waals surface area (Å²) in [6.45, 7) is 13.0. The number of nitrogens with zero attached hydrogens (tertiary/aromatic N) is 7. The number of anilines is 2. The molecule has 1 aromatic carbocycles. The number of thiocarbonyl (C=S) groups is 1. The number of hydrogen-bond acceptors (Lipinski definition) is 7. The maximum absolute atomic E-state index is 14.0. The molecule has 0 unspecified atom stereocenters. The summed E-state index contributed by atoms with van der Waals surface area (Å²) in [5, 5.41) is 4.65. The van der Waals surface area contributed by atoms with Gasteiger partial charge < -0.3 is 9.72 Å². The van der Waals surface area contributed by atoms with E-state index in [0.29, 0.717) is 54.0 Å². The van der Waals surface area contributed by atoms with Gasteiger partial charge in [0.1, 0.15) is 22.9 Å². The summed E-state index contributed by atoms with van der Waals surface area (Å²) in [5.41, 5.74) is -2.14. The zero-order chi connectivity index (χ0) is 32.3. The Labute approximate surface area is 260 Å². The number of aromatic nitrogens is 5. The maximum Gasteiger partial charge on any atom is 0.407 e. The number of pyridine rings is 1.